The summed E-state index contributed by atoms with van der Waals surface area (Å²) in [6, 6.07) is 8.32. The number of aromatic nitrogens is 1. The number of fused-ring (bicyclic) bond motifs is 1. The van der Waals surface area contributed by atoms with Crippen molar-refractivity contribution in [2.24, 2.45) is 0 Å². The van der Waals surface area contributed by atoms with E-state index in [1.807, 2.05) is 6.07 Å². The molecule has 1 aromatic heterocycles. The molecule has 1 aromatic carbocycles. The molecule has 4 heteroatoms. The number of benzene rings is 1. The summed E-state index contributed by atoms with van der Waals surface area (Å²) < 4.78 is 0. The molecule has 1 aliphatic rings. The molecule has 1 N–H and O–H groups in total. The molecule has 0 spiro atoms. The molecule has 1 aliphatic heterocycles. The van der Waals surface area contributed by atoms with E-state index in [-0.39, 0.29) is 6.10 Å². The first-order valence-corrected chi connectivity index (χ1v) is 6.96. The van der Waals surface area contributed by atoms with Gasteiger partial charge in [0.1, 0.15) is 5.15 Å². The number of aliphatic hydroxyl groups is 1. The Morgan fingerprint density at radius 2 is 2.26 bits per heavy atom. The van der Waals surface area contributed by atoms with Crippen molar-refractivity contribution in [3.8, 4) is 0 Å². The topological polar surface area (TPSA) is 36.4 Å². The van der Waals surface area contributed by atoms with Crippen molar-refractivity contribution in [1.82, 2.24) is 9.88 Å². The average Bonchev–Trinajstić information content (AvgIpc) is 2.76. The van der Waals surface area contributed by atoms with E-state index in [4.69, 9.17) is 11.6 Å². The molecule has 0 aliphatic carbocycles. The normalized spacial score (nSPS) is 20.3. The van der Waals surface area contributed by atoms with E-state index in [1.54, 1.807) is 0 Å². The summed E-state index contributed by atoms with van der Waals surface area (Å²) in [5, 5.41) is 11.2. The van der Waals surface area contributed by atoms with Gasteiger partial charge in [-0.15, -0.1) is 0 Å². The molecule has 3 rings (SSSR count). The van der Waals surface area contributed by atoms with E-state index in [2.05, 4.69) is 35.0 Å². The van der Waals surface area contributed by atoms with Crippen molar-refractivity contribution in [3.05, 3.63) is 40.5 Å². The number of aryl methyl sites for hydroxylation is 1. The van der Waals surface area contributed by atoms with Crippen LogP contribution in [0.5, 0.6) is 0 Å². The number of halogens is 1. The predicted molar refractivity (Wildman–Crippen MR) is 77.4 cm³/mol. The number of hydrogen-bond donors (Lipinski definition) is 1. The quantitative estimate of drug-likeness (QED) is 0.857. The van der Waals surface area contributed by atoms with Crippen LogP contribution in [0.2, 0.25) is 5.15 Å². The summed E-state index contributed by atoms with van der Waals surface area (Å²) in [5.74, 6) is 0. The molecular formula is C15H17ClN2O. The fourth-order valence-electron chi connectivity index (χ4n) is 2.61. The van der Waals surface area contributed by atoms with Gasteiger partial charge in [-0.2, -0.15) is 0 Å². The summed E-state index contributed by atoms with van der Waals surface area (Å²) in [5.41, 5.74) is 3.16. The van der Waals surface area contributed by atoms with Crippen LogP contribution in [-0.4, -0.2) is 34.2 Å². The smallest absolute Gasteiger partial charge is 0.134 e. The Bertz CT molecular complexity index is 614. The molecule has 2 heterocycles. The van der Waals surface area contributed by atoms with Crippen LogP contribution < -0.4 is 0 Å². The molecule has 1 fully saturated rings. The number of aliphatic hydroxyl groups excluding tert-OH is 1. The highest BCUT2D eigenvalue weighted by molar-refractivity contribution is 6.30. The molecular weight excluding hydrogens is 260 g/mol. The van der Waals surface area contributed by atoms with Crippen molar-refractivity contribution in [2.45, 2.75) is 26.0 Å². The number of hydrogen-bond acceptors (Lipinski definition) is 3. The van der Waals surface area contributed by atoms with Gasteiger partial charge >= 0.3 is 0 Å². The minimum absolute atomic E-state index is 0.199. The monoisotopic (exact) mass is 276 g/mol. The van der Waals surface area contributed by atoms with Gasteiger partial charge in [-0.25, -0.2) is 4.98 Å². The maximum atomic E-state index is 9.56. The van der Waals surface area contributed by atoms with Gasteiger partial charge in [0, 0.05) is 30.6 Å². The Morgan fingerprint density at radius 3 is 3.00 bits per heavy atom. The predicted octanol–water partition coefficient (Wildman–Crippen LogP) is 2.76. The number of nitrogens with zero attached hydrogens (tertiary/aromatic N) is 2. The second kappa shape index (κ2) is 5.08. The van der Waals surface area contributed by atoms with Crippen LogP contribution in [-0.2, 0) is 6.54 Å². The van der Waals surface area contributed by atoms with Gasteiger partial charge in [-0.1, -0.05) is 23.7 Å². The third-order valence-corrected chi connectivity index (χ3v) is 3.97. The van der Waals surface area contributed by atoms with Crippen molar-refractivity contribution >= 4 is 22.5 Å². The van der Waals surface area contributed by atoms with E-state index in [0.29, 0.717) is 5.15 Å². The molecule has 2 aromatic rings. The number of pyridine rings is 1. The summed E-state index contributed by atoms with van der Waals surface area (Å²) >= 11 is 6.27. The van der Waals surface area contributed by atoms with Crippen LogP contribution in [0.15, 0.2) is 24.3 Å². The van der Waals surface area contributed by atoms with Crippen LogP contribution in [0, 0.1) is 6.92 Å². The lowest BCUT2D eigenvalue weighted by Crippen LogP contribution is -2.21. The summed E-state index contributed by atoms with van der Waals surface area (Å²) in [4.78, 5) is 6.69. The van der Waals surface area contributed by atoms with E-state index in [0.717, 1.165) is 42.5 Å². The standard InChI is InChI=1S/C15H17ClN2O/c1-10-2-3-11-7-12(15(16)17-14(11)6-10)8-18-5-4-13(19)9-18/h2-3,6-7,13,19H,4-5,8-9H2,1H3. The molecule has 0 radical (unpaired) electrons. The molecule has 0 bridgehead atoms. The van der Waals surface area contributed by atoms with E-state index >= 15 is 0 Å². The molecule has 3 nitrogen and oxygen atoms in total. The SMILES string of the molecule is Cc1ccc2cc(CN3CCC(O)C3)c(Cl)nc2c1. The highest BCUT2D eigenvalue weighted by Crippen LogP contribution is 2.24. The van der Waals surface area contributed by atoms with Gasteiger partial charge in [0.2, 0.25) is 0 Å². The largest absolute Gasteiger partial charge is 0.392 e. The zero-order valence-electron chi connectivity index (χ0n) is 10.9. The van der Waals surface area contributed by atoms with Crippen LogP contribution in [0.3, 0.4) is 0 Å². The van der Waals surface area contributed by atoms with Gasteiger partial charge in [0.15, 0.2) is 0 Å². The van der Waals surface area contributed by atoms with Crippen LogP contribution in [0.1, 0.15) is 17.5 Å². The van der Waals surface area contributed by atoms with Gasteiger partial charge in [-0.3, -0.25) is 4.90 Å². The molecule has 100 valence electrons. The fraction of sp³-hybridized carbons (Fsp3) is 0.400. The first-order chi connectivity index (χ1) is 9.11. The fourth-order valence-corrected chi connectivity index (χ4v) is 2.81. The highest BCUT2D eigenvalue weighted by Gasteiger charge is 2.21. The second-order valence-electron chi connectivity index (χ2n) is 5.31. The van der Waals surface area contributed by atoms with Gasteiger partial charge in [-0.05, 0) is 31.0 Å². The highest BCUT2D eigenvalue weighted by atomic mass is 35.5. The Balaban J connectivity index is 1.91. The summed E-state index contributed by atoms with van der Waals surface area (Å²) in [6.45, 7) is 4.45. The Hall–Kier alpha value is -1.16. The van der Waals surface area contributed by atoms with Crippen LogP contribution in [0.4, 0.5) is 0 Å². The summed E-state index contributed by atoms with van der Waals surface area (Å²) in [7, 11) is 0. The van der Waals surface area contributed by atoms with Crippen molar-refractivity contribution < 1.29 is 5.11 Å². The van der Waals surface area contributed by atoms with E-state index < -0.39 is 0 Å². The van der Waals surface area contributed by atoms with Crippen molar-refractivity contribution in [2.75, 3.05) is 13.1 Å². The number of β-amino-alcohol motifs (C(OH)–C–C–N with tert-alkyl or cyclic N) is 1. The molecule has 1 saturated heterocycles. The molecule has 0 saturated carbocycles. The lowest BCUT2D eigenvalue weighted by Gasteiger charge is -2.16. The Kier molecular flexibility index (Phi) is 3.44. The van der Waals surface area contributed by atoms with E-state index in [1.165, 1.54) is 5.56 Å². The Morgan fingerprint density at radius 1 is 1.42 bits per heavy atom. The molecule has 1 unspecified atom stereocenters. The zero-order valence-corrected chi connectivity index (χ0v) is 11.7. The zero-order chi connectivity index (χ0) is 13.4. The van der Waals surface area contributed by atoms with Gasteiger partial charge in [0.25, 0.3) is 0 Å². The first-order valence-electron chi connectivity index (χ1n) is 6.58. The first kappa shape index (κ1) is 12.9. The Labute approximate surface area is 117 Å². The minimum Gasteiger partial charge on any atom is -0.392 e. The maximum Gasteiger partial charge on any atom is 0.134 e. The molecule has 0 amide bonds. The van der Waals surface area contributed by atoms with Crippen LogP contribution >= 0.6 is 11.6 Å². The minimum atomic E-state index is -0.199. The van der Waals surface area contributed by atoms with Crippen molar-refractivity contribution in [1.29, 1.82) is 0 Å². The molecule has 1 atom stereocenters. The lowest BCUT2D eigenvalue weighted by atomic mass is 10.1. The lowest BCUT2D eigenvalue weighted by molar-refractivity contribution is 0.175. The van der Waals surface area contributed by atoms with Crippen LogP contribution in [0.25, 0.3) is 10.9 Å². The second-order valence-corrected chi connectivity index (χ2v) is 5.67. The van der Waals surface area contributed by atoms with Crippen molar-refractivity contribution in [3.63, 3.8) is 0 Å². The van der Waals surface area contributed by atoms with Gasteiger partial charge < -0.3 is 5.11 Å². The third kappa shape index (κ3) is 2.73. The average molecular weight is 277 g/mol. The number of likely N-dealkylation sites (tertiary alicyclic amines) is 1. The maximum absolute atomic E-state index is 9.56. The molecule has 19 heavy (non-hydrogen) atoms. The summed E-state index contributed by atoms with van der Waals surface area (Å²) in [6.07, 6.45) is 0.646. The third-order valence-electron chi connectivity index (χ3n) is 3.64. The van der Waals surface area contributed by atoms with Gasteiger partial charge in [0.05, 0.1) is 11.6 Å². The van der Waals surface area contributed by atoms with E-state index in [9.17, 15) is 5.11 Å². The number of rotatable bonds is 2.